The third-order valence-electron chi connectivity index (χ3n) is 5.95. The first-order valence-electron chi connectivity index (χ1n) is 11.7. The molecule has 0 saturated carbocycles. The van der Waals surface area contributed by atoms with Crippen LogP contribution >= 0.6 is 11.3 Å². The average Bonchev–Trinajstić information content (AvgIpc) is 3.39. The lowest BCUT2D eigenvalue weighted by atomic mass is 9.95. The molecule has 0 aliphatic heterocycles. The SMILES string of the molecule is CCOc1ccccc1CCC(=O)Nc1sc2c(c1N)CCC(OC(=O)NCc1conc1C)C2. The summed E-state index contributed by atoms with van der Waals surface area (Å²) in [5, 5.41) is 10.1. The van der Waals surface area contributed by atoms with Gasteiger partial charge in [-0.05, 0) is 50.3 Å². The Kier molecular flexibility index (Phi) is 7.91. The largest absolute Gasteiger partial charge is 0.494 e. The maximum Gasteiger partial charge on any atom is 0.407 e. The predicted octanol–water partition coefficient (Wildman–Crippen LogP) is 4.38. The molecule has 2 amide bonds. The van der Waals surface area contributed by atoms with Crippen LogP contribution in [0.4, 0.5) is 15.5 Å². The smallest absolute Gasteiger partial charge is 0.407 e. The standard InChI is InChI=1S/C25H30N4O5S/c1-3-32-20-7-5-4-6-16(20)8-11-22(30)28-24-23(26)19-10-9-18(12-21(19)35-24)34-25(31)27-13-17-14-33-29-15(17)2/h4-7,14,18H,3,8-13,26H2,1-2H3,(H,27,31)(H,28,30). The number of thiophene rings is 1. The summed E-state index contributed by atoms with van der Waals surface area (Å²) >= 11 is 1.45. The van der Waals surface area contributed by atoms with Gasteiger partial charge in [-0.15, -0.1) is 11.3 Å². The molecule has 35 heavy (non-hydrogen) atoms. The number of rotatable bonds is 9. The van der Waals surface area contributed by atoms with Crippen molar-refractivity contribution < 1.29 is 23.6 Å². The van der Waals surface area contributed by atoms with Crippen LogP contribution in [0.2, 0.25) is 0 Å². The highest BCUT2D eigenvalue weighted by Gasteiger charge is 2.27. The normalized spacial score (nSPS) is 14.7. The summed E-state index contributed by atoms with van der Waals surface area (Å²) in [6.45, 7) is 4.62. The van der Waals surface area contributed by atoms with Gasteiger partial charge in [-0.3, -0.25) is 4.79 Å². The van der Waals surface area contributed by atoms with Crippen molar-refractivity contribution in [2.24, 2.45) is 0 Å². The number of nitrogen functional groups attached to an aromatic ring is 1. The average molecular weight is 499 g/mol. The summed E-state index contributed by atoms with van der Waals surface area (Å²) in [7, 11) is 0. The molecule has 2 aromatic heterocycles. The molecule has 4 N–H and O–H groups in total. The lowest BCUT2D eigenvalue weighted by molar-refractivity contribution is -0.116. The summed E-state index contributed by atoms with van der Waals surface area (Å²) in [5.41, 5.74) is 10.5. The Balaban J connectivity index is 1.29. The minimum Gasteiger partial charge on any atom is -0.494 e. The number of nitrogens with zero attached hydrogens (tertiary/aromatic N) is 1. The molecule has 2 heterocycles. The molecule has 3 aromatic rings. The summed E-state index contributed by atoms with van der Waals surface area (Å²) < 4.78 is 16.1. The third kappa shape index (κ3) is 6.13. The van der Waals surface area contributed by atoms with Crippen molar-refractivity contribution in [3.63, 3.8) is 0 Å². The number of nitrogens with two attached hydrogens (primary N) is 1. The van der Waals surface area contributed by atoms with E-state index in [1.165, 1.54) is 17.6 Å². The molecule has 1 aromatic carbocycles. The van der Waals surface area contributed by atoms with Gasteiger partial charge in [0, 0.05) is 23.3 Å². The van der Waals surface area contributed by atoms with Crippen molar-refractivity contribution in [2.75, 3.05) is 17.7 Å². The highest BCUT2D eigenvalue weighted by molar-refractivity contribution is 7.17. The van der Waals surface area contributed by atoms with Gasteiger partial charge in [0.05, 0.1) is 24.5 Å². The minimum absolute atomic E-state index is 0.0993. The number of carbonyl (C=O) groups excluding carboxylic acids is 2. The van der Waals surface area contributed by atoms with Gasteiger partial charge >= 0.3 is 6.09 Å². The van der Waals surface area contributed by atoms with Gasteiger partial charge in [-0.2, -0.15) is 0 Å². The number of alkyl carbamates (subject to hydrolysis) is 1. The van der Waals surface area contributed by atoms with E-state index < -0.39 is 6.09 Å². The zero-order valence-electron chi connectivity index (χ0n) is 19.9. The van der Waals surface area contributed by atoms with Crippen molar-refractivity contribution in [1.29, 1.82) is 0 Å². The molecule has 1 atom stereocenters. The lowest BCUT2D eigenvalue weighted by Crippen LogP contribution is -2.31. The fourth-order valence-electron chi connectivity index (χ4n) is 4.06. The van der Waals surface area contributed by atoms with Gasteiger partial charge in [0.15, 0.2) is 0 Å². The molecule has 0 bridgehead atoms. The van der Waals surface area contributed by atoms with Crippen molar-refractivity contribution in [1.82, 2.24) is 10.5 Å². The van der Waals surface area contributed by atoms with Crippen molar-refractivity contribution >= 4 is 34.0 Å². The highest BCUT2D eigenvalue weighted by atomic mass is 32.1. The van der Waals surface area contributed by atoms with Crippen molar-refractivity contribution in [2.45, 2.75) is 58.6 Å². The van der Waals surface area contributed by atoms with Crippen molar-refractivity contribution in [3.05, 3.63) is 57.8 Å². The molecular weight excluding hydrogens is 468 g/mol. The highest BCUT2D eigenvalue weighted by Crippen LogP contribution is 2.40. The quantitative estimate of drug-likeness (QED) is 0.399. The lowest BCUT2D eigenvalue weighted by Gasteiger charge is -2.22. The van der Waals surface area contributed by atoms with E-state index in [0.29, 0.717) is 55.9 Å². The Bertz CT molecular complexity index is 1190. The number of para-hydroxylation sites is 1. The zero-order valence-corrected chi connectivity index (χ0v) is 20.7. The minimum atomic E-state index is -0.482. The number of amides is 2. The second kappa shape index (κ2) is 11.3. The first-order valence-corrected chi connectivity index (χ1v) is 12.5. The Labute approximate surface area is 208 Å². The maximum atomic E-state index is 12.6. The number of hydrogen-bond donors (Lipinski definition) is 3. The van der Waals surface area contributed by atoms with Crippen LogP contribution in [0.3, 0.4) is 0 Å². The molecule has 4 rings (SSSR count). The molecular formula is C25H30N4O5S. The first kappa shape index (κ1) is 24.6. The van der Waals surface area contributed by atoms with Gasteiger partial charge < -0.3 is 30.4 Å². The van der Waals surface area contributed by atoms with Gasteiger partial charge in [0.1, 0.15) is 23.1 Å². The van der Waals surface area contributed by atoms with Crippen LogP contribution in [0.1, 0.15) is 47.0 Å². The molecule has 1 unspecified atom stereocenters. The number of fused-ring (bicyclic) bond motifs is 1. The van der Waals surface area contributed by atoms with E-state index >= 15 is 0 Å². The summed E-state index contributed by atoms with van der Waals surface area (Å²) in [4.78, 5) is 25.9. The molecule has 186 valence electrons. The molecule has 1 aliphatic rings. The van der Waals surface area contributed by atoms with Crippen LogP contribution in [0, 0.1) is 6.92 Å². The monoisotopic (exact) mass is 498 g/mol. The van der Waals surface area contributed by atoms with E-state index in [1.807, 2.05) is 38.1 Å². The van der Waals surface area contributed by atoms with Gasteiger partial charge in [0.2, 0.25) is 5.91 Å². The van der Waals surface area contributed by atoms with Crippen molar-refractivity contribution in [3.8, 4) is 5.75 Å². The Morgan fingerprint density at radius 3 is 2.89 bits per heavy atom. The van der Waals surface area contributed by atoms with Crippen LogP contribution in [0.15, 0.2) is 35.1 Å². The Morgan fingerprint density at radius 1 is 1.29 bits per heavy atom. The molecule has 0 saturated heterocycles. The second-order valence-electron chi connectivity index (χ2n) is 8.38. The molecule has 10 heteroatoms. The van der Waals surface area contributed by atoms with Crippen LogP contribution in [0.25, 0.3) is 0 Å². The fraction of sp³-hybridized carbons (Fsp3) is 0.400. The fourth-order valence-corrected chi connectivity index (χ4v) is 5.31. The summed E-state index contributed by atoms with van der Waals surface area (Å²) in [5.74, 6) is 0.707. The topological polar surface area (TPSA) is 129 Å². The van der Waals surface area contributed by atoms with Gasteiger partial charge in [-0.25, -0.2) is 4.79 Å². The molecule has 0 spiro atoms. The van der Waals surface area contributed by atoms with E-state index in [1.54, 1.807) is 0 Å². The van der Waals surface area contributed by atoms with E-state index in [4.69, 9.17) is 19.7 Å². The van der Waals surface area contributed by atoms with E-state index in [-0.39, 0.29) is 12.0 Å². The number of carbonyl (C=O) groups is 2. The maximum absolute atomic E-state index is 12.6. The molecule has 0 fully saturated rings. The number of aryl methyl sites for hydroxylation is 2. The van der Waals surface area contributed by atoms with Crippen LogP contribution < -0.4 is 21.1 Å². The Hall–Kier alpha value is -3.53. The van der Waals surface area contributed by atoms with E-state index in [9.17, 15) is 9.59 Å². The predicted molar refractivity (Wildman–Crippen MR) is 134 cm³/mol. The number of hydrogen-bond acceptors (Lipinski definition) is 8. The van der Waals surface area contributed by atoms with Crippen LogP contribution in [0.5, 0.6) is 5.75 Å². The van der Waals surface area contributed by atoms with Gasteiger partial charge in [-0.1, -0.05) is 23.4 Å². The number of nitrogens with one attached hydrogen (secondary N) is 2. The Morgan fingerprint density at radius 2 is 2.11 bits per heavy atom. The third-order valence-corrected chi connectivity index (χ3v) is 7.14. The van der Waals surface area contributed by atoms with Crippen LogP contribution in [-0.4, -0.2) is 29.9 Å². The molecule has 0 radical (unpaired) electrons. The van der Waals surface area contributed by atoms with Crippen LogP contribution in [-0.2, 0) is 35.3 Å². The van der Waals surface area contributed by atoms with Gasteiger partial charge in [0.25, 0.3) is 0 Å². The van der Waals surface area contributed by atoms with E-state index in [0.717, 1.165) is 33.0 Å². The second-order valence-corrected chi connectivity index (χ2v) is 9.49. The number of benzene rings is 1. The first-order chi connectivity index (χ1) is 16.9. The zero-order chi connectivity index (χ0) is 24.8. The van der Waals surface area contributed by atoms with E-state index in [2.05, 4.69) is 15.8 Å². The summed E-state index contributed by atoms with van der Waals surface area (Å²) in [6.07, 6.45) is 3.61. The summed E-state index contributed by atoms with van der Waals surface area (Å²) in [6, 6.07) is 7.75. The number of anilines is 2. The number of ether oxygens (including phenoxy) is 2. The molecule has 9 nitrogen and oxygen atoms in total. The molecule has 1 aliphatic carbocycles. The number of aromatic nitrogens is 1.